The monoisotopic (exact) mass is 181 g/mol. The van der Waals surface area contributed by atoms with Gasteiger partial charge in [-0.1, -0.05) is 20.8 Å². The minimum Gasteiger partial charge on any atom is -0.353 e. The molecule has 2 aliphatic rings. The van der Waals surface area contributed by atoms with Crippen LogP contribution >= 0.6 is 0 Å². The van der Waals surface area contributed by atoms with Crippen LogP contribution < -0.4 is 5.32 Å². The molecule has 0 aromatic carbocycles. The second-order valence-corrected chi connectivity index (χ2v) is 5.58. The molecule has 0 aromatic rings. The van der Waals surface area contributed by atoms with Crippen LogP contribution in [-0.4, -0.2) is 11.9 Å². The molecule has 0 bridgehead atoms. The van der Waals surface area contributed by atoms with Gasteiger partial charge in [-0.15, -0.1) is 0 Å². The van der Waals surface area contributed by atoms with Gasteiger partial charge < -0.3 is 5.32 Å². The Morgan fingerprint density at radius 2 is 1.85 bits per heavy atom. The van der Waals surface area contributed by atoms with Crippen LogP contribution in [0.15, 0.2) is 0 Å². The summed E-state index contributed by atoms with van der Waals surface area (Å²) in [6, 6.07) is 0.507. The Bertz CT molecular complexity index is 231. The van der Waals surface area contributed by atoms with E-state index in [1.165, 1.54) is 12.8 Å². The second kappa shape index (κ2) is 2.49. The first-order valence-electron chi connectivity index (χ1n) is 5.27. The molecule has 0 saturated heterocycles. The Labute approximate surface area is 80.1 Å². The Balaban J connectivity index is 2.01. The van der Waals surface area contributed by atoms with Crippen LogP contribution in [0.5, 0.6) is 0 Å². The number of hydrogen-bond donors (Lipinski definition) is 1. The second-order valence-electron chi connectivity index (χ2n) is 5.58. The maximum absolute atomic E-state index is 11.9. The van der Waals surface area contributed by atoms with Crippen LogP contribution in [0.3, 0.4) is 0 Å². The zero-order valence-corrected chi connectivity index (χ0v) is 8.81. The molecule has 74 valence electrons. The van der Waals surface area contributed by atoms with E-state index in [0.717, 1.165) is 12.8 Å². The van der Waals surface area contributed by atoms with Gasteiger partial charge in [-0.05, 0) is 31.1 Å². The van der Waals surface area contributed by atoms with Crippen LogP contribution in [0.25, 0.3) is 0 Å². The summed E-state index contributed by atoms with van der Waals surface area (Å²) >= 11 is 0. The van der Waals surface area contributed by atoms with Gasteiger partial charge in [-0.3, -0.25) is 4.79 Å². The van der Waals surface area contributed by atoms with Crippen molar-refractivity contribution in [2.24, 2.45) is 10.8 Å². The standard InChI is InChI=1S/C11H19NO/c1-10(2,3)11(6-7-11)9(13)12-8-4-5-8/h8H,4-7H2,1-3H3,(H,12,13). The van der Waals surface area contributed by atoms with E-state index in [2.05, 4.69) is 26.1 Å². The third-order valence-corrected chi connectivity index (χ3v) is 3.53. The van der Waals surface area contributed by atoms with Gasteiger partial charge >= 0.3 is 0 Å². The van der Waals surface area contributed by atoms with Gasteiger partial charge in [0.05, 0.1) is 5.41 Å². The van der Waals surface area contributed by atoms with Crippen molar-refractivity contribution in [1.82, 2.24) is 5.32 Å². The van der Waals surface area contributed by atoms with Crippen molar-refractivity contribution >= 4 is 5.91 Å². The van der Waals surface area contributed by atoms with Gasteiger partial charge in [-0.2, -0.15) is 0 Å². The van der Waals surface area contributed by atoms with Crippen molar-refractivity contribution < 1.29 is 4.79 Å². The lowest BCUT2D eigenvalue weighted by atomic mass is 9.77. The summed E-state index contributed by atoms with van der Waals surface area (Å²) in [5.41, 5.74) is 0.0988. The summed E-state index contributed by atoms with van der Waals surface area (Å²) in [5, 5.41) is 3.12. The van der Waals surface area contributed by atoms with Crippen LogP contribution in [0.2, 0.25) is 0 Å². The van der Waals surface area contributed by atoms with E-state index in [4.69, 9.17) is 0 Å². The topological polar surface area (TPSA) is 29.1 Å². The molecule has 2 nitrogen and oxygen atoms in total. The molecule has 0 radical (unpaired) electrons. The third kappa shape index (κ3) is 1.47. The Morgan fingerprint density at radius 3 is 2.15 bits per heavy atom. The highest BCUT2D eigenvalue weighted by molar-refractivity contribution is 5.86. The average Bonchev–Trinajstić information content (AvgIpc) is 2.80. The molecule has 1 amide bonds. The molecular formula is C11H19NO. The van der Waals surface area contributed by atoms with E-state index in [0.29, 0.717) is 11.9 Å². The highest BCUT2D eigenvalue weighted by atomic mass is 16.2. The van der Waals surface area contributed by atoms with Gasteiger partial charge in [0.25, 0.3) is 0 Å². The lowest BCUT2D eigenvalue weighted by molar-refractivity contribution is -0.130. The molecule has 0 aromatic heterocycles. The van der Waals surface area contributed by atoms with Crippen molar-refractivity contribution in [1.29, 1.82) is 0 Å². The first-order chi connectivity index (χ1) is 5.96. The number of hydrogen-bond acceptors (Lipinski definition) is 1. The van der Waals surface area contributed by atoms with Crippen molar-refractivity contribution in [2.75, 3.05) is 0 Å². The fourth-order valence-electron chi connectivity index (χ4n) is 1.99. The van der Waals surface area contributed by atoms with E-state index in [-0.39, 0.29) is 10.8 Å². The molecule has 0 spiro atoms. The zero-order chi connectivity index (χ0) is 9.69. The fraction of sp³-hybridized carbons (Fsp3) is 0.909. The van der Waals surface area contributed by atoms with Crippen LogP contribution in [-0.2, 0) is 4.79 Å². The Hall–Kier alpha value is -0.530. The molecule has 0 aliphatic heterocycles. The van der Waals surface area contributed by atoms with Crippen molar-refractivity contribution in [3.8, 4) is 0 Å². The smallest absolute Gasteiger partial charge is 0.226 e. The fourth-order valence-corrected chi connectivity index (χ4v) is 1.99. The highest BCUT2D eigenvalue weighted by Gasteiger charge is 2.58. The number of amides is 1. The molecule has 2 fully saturated rings. The predicted molar refractivity (Wildman–Crippen MR) is 52.3 cm³/mol. The zero-order valence-electron chi connectivity index (χ0n) is 8.81. The molecule has 2 heteroatoms. The van der Waals surface area contributed by atoms with E-state index >= 15 is 0 Å². The van der Waals surface area contributed by atoms with E-state index < -0.39 is 0 Å². The summed E-state index contributed by atoms with van der Waals surface area (Å²) in [5.74, 6) is 0.308. The Kier molecular flexibility index (Phi) is 1.73. The molecule has 0 heterocycles. The first kappa shape index (κ1) is 9.04. The minimum absolute atomic E-state index is 0.0322. The minimum atomic E-state index is -0.0322. The summed E-state index contributed by atoms with van der Waals surface area (Å²) in [7, 11) is 0. The summed E-state index contributed by atoms with van der Waals surface area (Å²) in [4.78, 5) is 11.9. The number of carbonyl (C=O) groups is 1. The molecule has 0 atom stereocenters. The average molecular weight is 181 g/mol. The van der Waals surface area contributed by atoms with Gasteiger partial charge in [0.15, 0.2) is 0 Å². The predicted octanol–water partition coefficient (Wildman–Crippen LogP) is 2.09. The first-order valence-corrected chi connectivity index (χ1v) is 5.27. The molecule has 2 rings (SSSR count). The van der Waals surface area contributed by atoms with Crippen molar-refractivity contribution in [2.45, 2.75) is 52.5 Å². The molecule has 13 heavy (non-hydrogen) atoms. The number of rotatable bonds is 2. The van der Waals surface area contributed by atoms with E-state index in [9.17, 15) is 4.79 Å². The number of carbonyl (C=O) groups excluding carboxylic acids is 1. The summed E-state index contributed by atoms with van der Waals surface area (Å²) < 4.78 is 0. The maximum atomic E-state index is 11.9. The lowest BCUT2D eigenvalue weighted by Crippen LogP contribution is -2.40. The number of nitrogens with one attached hydrogen (secondary N) is 1. The molecule has 2 aliphatic carbocycles. The van der Waals surface area contributed by atoms with E-state index in [1.54, 1.807) is 0 Å². The molecular weight excluding hydrogens is 162 g/mol. The van der Waals surface area contributed by atoms with Gasteiger partial charge in [-0.25, -0.2) is 0 Å². The SMILES string of the molecule is CC(C)(C)C1(C(=O)NC2CC2)CC1. The highest BCUT2D eigenvalue weighted by Crippen LogP contribution is 2.58. The van der Waals surface area contributed by atoms with Gasteiger partial charge in [0.2, 0.25) is 5.91 Å². The van der Waals surface area contributed by atoms with Crippen molar-refractivity contribution in [3.63, 3.8) is 0 Å². The third-order valence-electron chi connectivity index (χ3n) is 3.53. The lowest BCUT2D eigenvalue weighted by Gasteiger charge is -2.29. The van der Waals surface area contributed by atoms with Gasteiger partial charge in [0, 0.05) is 6.04 Å². The largest absolute Gasteiger partial charge is 0.353 e. The summed E-state index contributed by atoms with van der Waals surface area (Å²) in [6.07, 6.45) is 4.53. The van der Waals surface area contributed by atoms with E-state index in [1.807, 2.05) is 0 Å². The van der Waals surface area contributed by atoms with Crippen LogP contribution in [0.1, 0.15) is 46.5 Å². The molecule has 0 unspecified atom stereocenters. The Morgan fingerprint density at radius 1 is 1.31 bits per heavy atom. The van der Waals surface area contributed by atoms with Crippen molar-refractivity contribution in [3.05, 3.63) is 0 Å². The normalized spacial score (nSPS) is 25.5. The van der Waals surface area contributed by atoms with Crippen LogP contribution in [0.4, 0.5) is 0 Å². The molecule has 2 saturated carbocycles. The van der Waals surface area contributed by atoms with Gasteiger partial charge in [0.1, 0.15) is 0 Å². The summed E-state index contributed by atoms with van der Waals surface area (Å²) in [6.45, 7) is 6.52. The van der Waals surface area contributed by atoms with Crippen LogP contribution in [0, 0.1) is 10.8 Å². The molecule has 1 N–H and O–H groups in total. The quantitative estimate of drug-likeness (QED) is 0.694. The maximum Gasteiger partial charge on any atom is 0.226 e.